The van der Waals surface area contributed by atoms with Gasteiger partial charge in [-0.3, -0.25) is 9.48 Å². The van der Waals surface area contributed by atoms with Gasteiger partial charge in [-0.2, -0.15) is 9.40 Å². The topological polar surface area (TPSA) is 84.3 Å². The lowest BCUT2D eigenvalue weighted by atomic mass is 9.99. The standard InChI is InChI=1S/C17H21FN4O3S/c1-21-15(8-9-20-21)11-19-17(23)13-3-2-10-22(12-13)26(24,25)16-6-4-14(18)5-7-16/h4-9,13H,2-3,10-12H2,1H3,(H,19,23)/t13-/m1/s1. The molecular weight excluding hydrogens is 359 g/mol. The molecule has 2 aromatic rings. The minimum Gasteiger partial charge on any atom is -0.350 e. The summed E-state index contributed by atoms with van der Waals surface area (Å²) in [5, 5.41) is 6.89. The summed E-state index contributed by atoms with van der Waals surface area (Å²) in [7, 11) is -1.95. The molecule has 9 heteroatoms. The van der Waals surface area contributed by atoms with Gasteiger partial charge in [0.05, 0.1) is 23.1 Å². The fourth-order valence-corrected chi connectivity index (χ4v) is 4.55. The van der Waals surface area contributed by atoms with Crippen molar-refractivity contribution in [1.82, 2.24) is 19.4 Å². The fraction of sp³-hybridized carbons (Fsp3) is 0.412. The second kappa shape index (κ2) is 7.55. The molecule has 1 saturated heterocycles. The number of nitrogens with one attached hydrogen (secondary N) is 1. The zero-order valence-corrected chi connectivity index (χ0v) is 15.2. The molecule has 1 aromatic heterocycles. The van der Waals surface area contributed by atoms with Gasteiger partial charge < -0.3 is 5.32 Å². The maximum absolute atomic E-state index is 13.0. The molecule has 0 radical (unpaired) electrons. The Morgan fingerprint density at radius 1 is 1.31 bits per heavy atom. The van der Waals surface area contributed by atoms with Crippen molar-refractivity contribution >= 4 is 15.9 Å². The minimum atomic E-state index is -3.74. The number of sulfonamides is 1. The van der Waals surface area contributed by atoms with Crippen LogP contribution in [0.3, 0.4) is 0 Å². The third kappa shape index (κ3) is 3.94. The molecule has 0 bridgehead atoms. The number of halogens is 1. The molecule has 1 aromatic carbocycles. The molecule has 0 unspecified atom stereocenters. The van der Waals surface area contributed by atoms with Crippen molar-refractivity contribution in [2.24, 2.45) is 13.0 Å². The molecular formula is C17H21FN4O3S. The number of nitrogens with zero attached hydrogens (tertiary/aromatic N) is 3. The van der Waals surface area contributed by atoms with E-state index in [9.17, 15) is 17.6 Å². The molecule has 2 heterocycles. The molecule has 0 aliphatic carbocycles. The number of carbonyl (C=O) groups excluding carboxylic acids is 1. The van der Waals surface area contributed by atoms with Gasteiger partial charge in [-0.05, 0) is 43.2 Å². The Kier molecular flexibility index (Phi) is 5.38. The molecule has 1 N–H and O–H groups in total. The summed E-state index contributed by atoms with van der Waals surface area (Å²) in [6, 6.07) is 6.55. The first kappa shape index (κ1) is 18.5. The number of hydrogen-bond acceptors (Lipinski definition) is 4. The van der Waals surface area contributed by atoms with Crippen molar-refractivity contribution in [3.8, 4) is 0 Å². The summed E-state index contributed by atoms with van der Waals surface area (Å²) in [6.07, 6.45) is 2.88. The van der Waals surface area contributed by atoms with Gasteiger partial charge in [-0.15, -0.1) is 0 Å². The number of aryl methyl sites for hydroxylation is 1. The minimum absolute atomic E-state index is 0.0369. The second-order valence-corrected chi connectivity index (χ2v) is 8.26. The number of benzene rings is 1. The van der Waals surface area contributed by atoms with Gasteiger partial charge in [0.25, 0.3) is 0 Å². The SMILES string of the molecule is Cn1nccc1CNC(=O)[C@@H]1CCCN(S(=O)(=O)c2ccc(F)cc2)C1. The first-order chi connectivity index (χ1) is 12.4. The lowest BCUT2D eigenvalue weighted by molar-refractivity contribution is -0.126. The highest BCUT2D eigenvalue weighted by Gasteiger charge is 2.33. The molecule has 0 spiro atoms. The Labute approximate surface area is 151 Å². The Bertz CT molecular complexity index is 880. The average molecular weight is 380 g/mol. The van der Waals surface area contributed by atoms with Crippen LogP contribution in [0.15, 0.2) is 41.4 Å². The Morgan fingerprint density at radius 2 is 2.04 bits per heavy atom. The summed E-state index contributed by atoms with van der Waals surface area (Å²) >= 11 is 0. The molecule has 7 nitrogen and oxygen atoms in total. The van der Waals surface area contributed by atoms with Gasteiger partial charge in [0.1, 0.15) is 5.82 Å². The molecule has 1 aliphatic rings. The number of aromatic nitrogens is 2. The Balaban J connectivity index is 1.65. The van der Waals surface area contributed by atoms with E-state index in [-0.39, 0.29) is 17.3 Å². The summed E-state index contributed by atoms with van der Waals surface area (Å²) in [4.78, 5) is 12.5. The van der Waals surface area contributed by atoms with E-state index in [2.05, 4.69) is 10.4 Å². The molecule has 3 rings (SSSR count). The highest BCUT2D eigenvalue weighted by atomic mass is 32.2. The first-order valence-corrected chi connectivity index (χ1v) is 9.82. The van der Waals surface area contributed by atoms with Gasteiger partial charge in [-0.1, -0.05) is 0 Å². The monoisotopic (exact) mass is 380 g/mol. The van der Waals surface area contributed by atoms with Gasteiger partial charge in [0.2, 0.25) is 15.9 Å². The summed E-state index contributed by atoms with van der Waals surface area (Å²) in [6.45, 7) is 0.818. The summed E-state index contributed by atoms with van der Waals surface area (Å²) < 4.78 is 41.5. The lowest BCUT2D eigenvalue weighted by Crippen LogP contribution is -2.45. The molecule has 26 heavy (non-hydrogen) atoms. The van der Waals surface area contributed by atoms with Crippen LogP contribution in [-0.2, 0) is 28.4 Å². The van der Waals surface area contributed by atoms with Crippen LogP contribution in [0.25, 0.3) is 0 Å². The van der Waals surface area contributed by atoms with Crippen molar-refractivity contribution in [2.75, 3.05) is 13.1 Å². The smallest absolute Gasteiger partial charge is 0.243 e. The van der Waals surface area contributed by atoms with Crippen molar-refractivity contribution in [3.05, 3.63) is 48.0 Å². The number of rotatable bonds is 5. The largest absolute Gasteiger partial charge is 0.350 e. The van der Waals surface area contributed by atoms with Crippen molar-refractivity contribution in [1.29, 1.82) is 0 Å². The van der Waals surface area contributed by atoms with Gasteiger partial charge in [0.15, 0.2) is 0 Å². The maximum Gasteiger partial charge on any atom is 0.243 e. The Hall–Kier alpha value is -2.26. The molecule has 140 valence electrons. The third-order valence-corrected chi connectivity index (χ3v) is 6.45. The first-order valence-electron chi connectivity index (χ1n) is 8.38. The molecule has 1 aliphatic heterocycles. The van der Waals surface area contributed by atoms with Crippen LogP contribution in [0.1, 0.15) is 18.5 Å². The second-order valence-electron chi connectivity index (χ2n) is 6.32. The zero-order valence-electron chi connectivity index (χ0n) is 14.4. The normalized spacial score (nSPS) is 18.6. The predicted octanol–water partition coefficient (Wildman–Crippen LogP) is 1.28. The number of carbonyl (C=O) groups is 1. The fourth-order valence-electron chi connectivity index (χ4n) is 3.03. The van der Waals surface area contributed by atoms with E-state index in [4.69, 9.17) is 0 Å². The summed E-state index contributed by atoms with van der Waals surface area (Å²) in [5.74, 6) is -1.08. The number of piperidine rings is 1. The number of amides is 1. The zero-order chi connectivity index (χ0) is 18.7. The van der Waals surface area contributed by atoms with Crippen molar-refractivity contribution < 1.29 is 17.6 Å². The van der Waals surface area contributed by atoms with Crippen molar-refractivity contribution in [2.45, 2.75) is 24.3 Å². The van der Waals surface area contributed by atoms with E-state index >= 15 is 0 Å². The van der Waals surface area contributed by atoms with E-state index in [0.717, 1.165) is 17.8 Å². The van der Waals surface area contributed by atoms with Crippen LogP contribution in [0.5, 0.6) is 0 Å². The van der Waals surface area contributed by atoms with E-state index in [0.29, 0.717) is 25.9 Å². The third-order valence-electron chi connectivity index (χ3n) is 4.57. The highest BCUT2D eigenvalue weighted by Crippen LogP contribution is 2.24. The molecule has 1 fully saturated rings. The van der Waals surface area contributed by atoms with Crippen LogP contribution < -0.4 is 5.32 Å². The number of hydrogen-bond donors (Lipinski definition) is 1. The average Bonchev–Trinajstić information content (AvgIpc) is 3.05. The van der Waals surface area contributed by atoms with E-state index in [1.165, 1.54) is 16.4 Å². The van der Waals surface area contributed by atoms with Gasteiger partial charge in [0, 0.05) is 26.3 Å². The van der Waals surface area contributed by atoms with Crippen LogP contribution >= 0.6 is 0 Å². The predicted molar refractivity (Wildman–Crippen MR) is 92.9 cm³/mol. The maximum atomic E-state index is 13.0. The van der Waals surface area contributed by atoms with Crippen LogP contribution in [-0.4, -0.2) is 41.5 Å². The molecule has 1 amide bonds. The molecule has 1 atom stereocenters. The van der Waals surface area contributed by atoms with Crippen molar-refractivity contribution in [3.63, 3.8) is 0 Å². The van der Waals surface area contributed by atoms with E-state index in [1.807, 2.05) is 6.07 Å². The lowest BCUT2D eigenvalue weighted by Gasteiger charge is -2.31. The van der Waals surface area contributed by atoms with E-state index in [1.54, 1.807) is 17.9 Å². The van der Waals surface area contributed by atoms with Crippen LogP contribution in [0, 0.1) is 11.7 Å². The summed E-state index contributed by atoms with van der Waals surface area (Å²) in [5.41, 5.74) is 0.866. The van der Waals surface area contributed by atoms with E-state index < -0.39 is 21.8 Å². The highest BCUT2D eigenvalue weighted by molar-refractivity contribution is 7.89. The van der Waals surface area contributed by atoms with Gasteiger partial charge >= 0.3 is 0 Å². The van der Waals surface area contributed by atoms with Gasteiger partial charge in [-0.25, -0.2) is 12.8 Å². The van der Waals surface area contributed by atoms with Crippen LogP contribution in [0.2, 0.25) is 0 Å². The Morgan fingerprint density at radius 3 is 2.69 bits per heavy atom. The molecule has 0 saturated carbocycles. The van der Waals surface area contributed by atoms with Crippen LogP contribution in [0.4, 0.5) is 4.39 Å². The quantitative estimate of drug-likeness (QED) is 0.847.